The number of carboxylic acid groups (broad SMARTS) is 2. The number of ether oxygens (including phenoxy) is 8. The van der Waals surface area contributed by atoms with Crippen LogP contribution < -0.4 is 84.2 Å². The standard InChI is InChI=1S/C19H18N4O8.C14H9Cl2NO5.C11H22N3O6P.Na/c1-26-12-8-13(27-2)21-18(20-12)30-10-6-5-7-11(16(10)17(24)25)31-19-22-14(28-3)9-15(23-19)29-4;1-21-14(18)10-7-9(3-4-12(10)17(19)20)22-13-5-2-8(15)6-11(13)16;1-6(9(15)14-7(2)11(17)18)13-10(16)8(12)4-5-21(3,19)20;/h5-9H,1-4H3,(H,24,25);2-7H,1H3;6-8H,4-5,12H2,1-3H3,(H,13,16)(H,14,15)(H,17,18)(H,19,20);/q;;;+1/p-1/t;;6-,7-,8-;/m..0./s1. The van der Waals surface area contributed by atoms with E-state index in [4.69, 9.17) is 72.1 Å². The van der Waals surface area contributed by atoms with Gasteiger partial charge in [0.1, 0.15) is 40.6 Å². The number of hydrogen-bond donors (Lipinski definition) is 5. The Morgan fingerprint density at radius 3 is 1.65 bits per heavy atom. The van der Waals surface area contributed by atoms with Crippen LogP contribution in [0, 0.1) is 10.1 Å². The Kier molecular flexibility index (Phi) is 25.9. The van der Waals surface area contributed by atoms with Crippen molar-refractivity contribution in [1.82, 2.24) is 30.6 Å². The Labute approximate surface area is 459 Å². The second kappa shape index (κ2) is 30.3. The molecule has 31 heteroatoms. The van der Waals surface area contributed by atoms with Crippen LogP contribution in [-0.2, 0) is 23.7 Å². The van der Waals surface area contributed by atoms with Crippen molar-refractivity contribution in [2.24, 2.45) is 5.73 Å². The number of aromatic carboxylic acids is 1. The van der Waals surface area contributed by atoms with Gasteiger partial charge in [0.15, 0.2) is 7.37 Å². The van der Waals surface area contributed by atoms with Crippen LogP contribution in [0.2, 0.25) is 10.0 Å². The maximum Gasteiger partial charge on any atom is 1.00 e. The molecule has 2 aromatic heterocycles. The molecule has 0 radical (unpaired) electrons. The first kappa shape index (κ1) is 64.0. The Balaban J connectivity index is 0.000000394. The minimum absolute atomic E-state index is 0. The monoisotopic (exact) mass is 1120 g/mol. The second-order valence-electron chi connectivity index (χ2n) is 14.7. The van der Waals surface area contributed by atoms with Crippen LogP contribution in [-0.4, -0.2) is 131 Å². The number of nitrogens with one attached hydrogen (secondary N) is 2. The van der Waals surface area contributed by atoms with E-state index in [2.05, 4.69) is 35.3 Å². The molecule has 0 aliphatic heterocycles. The van der Waals surface area contributed by atoms with Crippen molar-refractivity contribution in [2.75, 3.05) is 48.4 Å². The molecule has 0 aliphatic carbocycles. The van der Waals surface area contributed by atoms with Crippen molar-refractivity contribution in [3.8, 4) is 58.5 Å². The predicted molar refractivity (Wildman–Crippen MR) is 258 cm³/mol. The van der Waals surface area contributed by atoms with E-state index in [9.17, 15) is 43.8 Å². The summed E-state index contributed by atoms with van der Waals surface area (Å²) < 4.78 is 52.5. The van der Waals surface area contributed by atoms with Crippen LogP contribution >= 0.6 is 30.6 Å². The number of aliphatic carboxylic acids is 1. The van der Waals surface area contributed by atoms with Crippen LogP contribution in [0.3, 0.4) is 0 Å². The van der Waals surface area contributed by atoms with Gasteiger partial charge in [-0.3, -0.25) is 29.1 Å². The summed E-state index contributed by atoms with van der Waals surface area (Å²) in [7, 11) is 3.48. The molecule has 27 nitrogen and oxygen atoms in total. The molecule has 75 heavy (non-hydrogen) atoms. The zero-order chi connectivity index (χ0) is 55.4. The Hall–Kier alpha value is -7.10. The SMILES string of the molecule is COC(=O)c1cc(Oc2ccc(Cl)cc2Cl)ccc1[N+](=O)[O-].COc1cc(OC)nc(Oc2cccc(Oc3nc(OC)cc(OC)n3)c2C(=O)[O-])n1.C[C@H](NC(=O)[C@H](C)NC(=O)[C@@H](N)CCP(C)(=O)O)C(=O)O.[Na+]. The van der Waals surface area contributed by atoms with Gasteiger partial charge in [0.25, 0.3) is 5.69 Å². The quantitative estimate of drug-likeness (QED) is 0.0228. The number of nitro benzene ring substituents is 1. The summed E-state index contributed by atoms with van der Waals surface area (Å²) in [4.78, 5) is 92.8. The molecule has 1 unspecified atom stereocenters. The fourth-order valence-corrected chi connectivity index (χ4v) is 6.55. The van der Waals surface area contributed by atoms with Gasteiger partial charge in [-0.1, -0.05) is 29.3 Å². The first-order valence-corrected chi connectivity index (χ1v) is 23.9. The van der Waals surface area contributed by atoms with Gasteiger partial charge in [0.05, 0.1) is 75.2 Å². The van der Waals surface area contributed by atoms with Gasteiger partial charge in [-0.05, 0) is 56.7 Å². The summed E-state index contributed by atoms with van der Waals surface area (Å²) in [6.07, 6.45) is -0.0891. The number of amides is 2. The molecule has 5 rings (SSSR count). The molecule has 0 saturated carbocycles. The fourth-order valence-electron chi connectivity index (χ4n) is 5.35. The van der Waals surface area contributed by atoms with Gasteiger partial charge in [-0.15, -0.1) is 0 Å². The summed E-state index contributed by atoms with van der Waals surface area (Å²) in [5.41, 5.74) is 4.55. The zero-order valence-electron chi connectivity index (χ0n) is 41.3. The molecule has 0 spiro atoms. The van der Waals surface area contributed by atoms with Crippen molar-refractivity contribution in [1.29, 1.82) is 0 Å². The van der Waals surface area contributed by atoms with E-state index in [1.807, 2.05) is 0 Å². The molecule has 0 fully saturated rings. The van der Waals surface area contributed by atoms with Crippen molar-refractivity contribution in [2.45, 2.75) is 38.4 Å². The number of aromatic nitrogens is 4. The largest absolute Gasteiger partial charge is 1.00 e. The van der Waals surface area contributed by atoms with Crippen molar-refractivity contribution >= 4 is 66.0 Å². The van der Waals surface area contributed by atoms with E-state index in [-0.39, 0.29) is 111 Å². The molecule has 0 saturated heterocycles. The van der Waals surface area contributed by atoms with Crippen LogP contribution in [0.25, 0.3) is 0 Å². The molecule has 4 atom stereocenters. The second-order valence-corrected chi connectivity index (χ2v) is 18.1. The topological polar surface area (TPSA) is 385 Å². The third-order valence-electron chi connectivity index (χ3n) is 9.11. The summed E-state index contributed by atoms with van der Waals surface area (Å²) in [6, 6.07) is 12.0. The third kappa shape index (κ3) is 20.6. The molecule has 2 heterocycles. The number of nitro groups is 1. The van der Waals surface area contributed by atoms with Crippen molar-refractivity contribution < 1.29 is 116 Å². The van der Waals surface area contributed by atoms with E-state index < -0.39 is 65.7 Å². The van der Waals surface area contributed by atoms with E-state index in [1.54, 1.807) is 12.1 Å². The first-order chi connectivity index (χ1) is 34.8. The fraction of sp³-hybridized carbons (Fsp3) is 0.295. The van der Waals surface area contributed by atoms with Gasteiger partial charge < -0.3 is 74.2 Å². The molecule has 6 N–H and O–H groups in total. The molecule has 0 bridgehead atoms. The zero-order valence-corrected chi connectivity index (χ0v) is 45.8. The number of nitrogens with two attached hydrogens (primary N) is 1. The summed E-state index contributed by atoms with van der Waals surface area (Å²) in [6.45, 7) is 3.84. The molecular formula is C44H48Cl2N8NaO19P. The van der Waals surface area contributed by atoms with E-state index in [0.29, 0.717) is 10.8 Å². The van der Waals surface area contributed by atoms with Gasteiger partial charge in [0.2, 0.25) is 35.3 Å². The summed E-state index contributed by atoms with van der Waals surface area (Å²) >= 11 is 11.8. The number of rotatable bonds is 21. The van der Waals surface area contributed by atoms with Crippen molar-refractivity contribution in [3.05, 3.63) is 98.0 Å². The van der Waals surface area contributed by atoms with Gasteiger partial charge in [-0.2, -0.15) is 19.9 Å². The van der Waals surface area contributed by atoms with Gasteiger partial charge >= 0.3 is 53.5 Å². The number of esters is 1. The average molecular weight is 1120 g/mol. The predicted octanol–water partition coefficient (Wildman–Crippen LogP) is 1.43. The van der Waals surface area contributed by atoms with E-state index in [0.717, 1.165) is 13.2 Å². The van der Waals surface area contributed by atoms with E-state index in [1.165, 1.54) is 97.5 Å². The van der Waals surface area contributed by atoms with Gasteiger partial charge in [-0.25, -0.2) is 4.79 Å². The van der Waals surface area contributed by atoms with E-state index >= 15 is 0 Å². The summed E-state index contributed by atoms with van der Waals surface area (Å²) in [5, 5.41) is 36.7. The van der Waals surface area contributed by atoms with Crippen LogP contribution in [0.15, 0.2) is 66.7 Å². The number of carboxylic acids is 2. The maximum atomic E-state index is 11.9. The molecular weight excluding hydrogens is 1070 g/mol. The molecule has 2 amide bonds. The molecule has 5 aromatic rings. The third-order valence-corrected chi connectivity index (χ3v) is 10.7. The minimum atomic E-state index is -3.25. The number of carbonyl (C=O) groups excluding carboxylic acids is 4. The average Bonchev–Trinajstić information content (AvgIpc) is 3.35. The number of hydrogen-bond acceptors (Lipinski definition) is 22. The smallest absolute Gasteiger partial charge is 0.545 e. The maximum absolute atomic E-state index is 11.9. The van der Waals surface area contributed by atoms with Crippen LogP contribution in [0.4, 0.5) is 5.69 Å². The normalized spacial score (nSPS) is 12.2. The minimum Gasteiger partial charge on any atom is -0.545 e. The molecule has 3 aromatic carbocycles. The van der Waals surface area contributed by atoms with Crippen molar-refractivity contribution in [3.63, 3.8) is 0 Å². The summed E-state index contributed by atoms with van der Waals surface area (Å²) in [5.74, 6) is -4.08. The number of carbonyl (C=O) groups is 5. The first-order valence-electron chi connectivity index (χ1n) is 20.9. The molecule has 0 aliphatic rings. The Bertz CT molecular complexity index is 2760. The number of benzene rings is 3. The number of halogens is 2. The molecule has 398 valence electrons. The van der Waals surface area contributed by atoms with Crippen LogP contribution in [0.1, 0.15) is 41.0 Å². The number of nitrogens with zero attached hydrogens (tertiary/aromatic N) is 5. The number of methoxy groups -OCH3 is 5. The van der Waals surface area contributed by atoms with Crippen LogP contribution in [0.5, 0.6) is 58.5 Å². The Morgan fingerprint density at radius 1 is 0.747 bits per heavy atom. The Morgan fingerprint density at radius 2 is 1.24 bits per heavy atom. The van der Waals surface area contributed by atoms with Gasteiger partial charge in [0, 0.05) is 30.0 Å².